The normalized spacial score (nSPS) is 12.1. The Kier molecular flexibility index (Phi) is 4.79. The SMILES string of the molecule is CCCOc1ccc(C[C@@H](N)C(=O)O)cc1. The van der Waals surface area contributed by atoms with Gasteiger partial charge in [0.05, 0.1) is 6.61 Å². The molecule has 0 heterocycles. The van der Waals surface area contributed by atoms with Crippen LogP contribution in [-0.4, -0.2) is 23.7 Å². The van der Waals surface area contributed by atoms with Crippen LogP contribution in [0.4, 0.5) is 0 Å². The van der Waals surface area contributed by atoms with E-state index in [1.54, 1.807) is 0 Å². The molecule has 0 aliphatic heterocycles. The number of hydrogen-bond acceptors (Lipinski definition) is 3. The molecule has 1 rings (SSSR count). The summed E-state index contributed by atoms with van der Waals surface area (Å²) in [6, 6.07) is 6.50. The second-order valence-corrected chi connectivity index (χ2v) is 3.64. The van der Waals surface area contributed by atoms with Gasteiger partial charge in [-0.05, 0) is 30.5 Å². The van der Waals surface area contributed by atoms with E-state index in [9.17, 15) is 4.79 Å². The van der Waals surface area contributed by atoms with Crippen molar-refractivity contribution in [1.29, 1.82) is 0 Å². The number of rotatable bonds is 6. The fourth-order valence-electron chi connectivity index (χ4n) is 1.28. The Morgan fingerprint density at radius 2 is 2.06 bits per heavy atom. The maximum Gasteiger partial charge on any atom is 0.320 e. The third kappa shape index (κ3) is 3.90. The Morgan fingerprint density at radius 1 is 1.44 bits per heavy atom. The molecule has 0 saturated carbocycles. The van der Waals surface area contributed by atoms with Crippen molar-refractivity contribution in [3.8, 4) is 5.75 Å². The van der Waals surface area contributed by atoms with Crippen molar-refractivity contribution in [2.75, 3.05) is 6.61 Å². The predicted molar refractivity (Wildman–Crippen MR) is 61.5 cm³/mol. The van der Waals surface area contributed by atoms with Gasteiger partial charge in [-0.25, -0.2) is 0 Å². The number of carbonyl (C=O) groups is 1. The van der Waals surface area contributed by atoms with Gasteiger partial charge in [0.1, 0.15) is 11.8 Å². The summed E-state index contributed by atoms with van der Waals surface area (Å²) in [7, 11) is 0. The summed E-state index contributed by atoms with van der Waals surface area (Å²) in [5.74, 6) is -0.180. The predicted octanol–water partition coefficient (Wildman–Crippen LogP) is 1.43. The van der Waals surface area contributed by atoms with Crippen LogP contribution >= 0.6 is 0 Å². The summed E-state index contributed by atoms with van der Waals surface area (Å²) in [5.41, 5.74) is 6.34. The monoisotopic (exact) mass is 223 g/mol. The second-order valence-electron chi connectivity index (χ2n) is 3.64. The topological polar surface area (TPSA) is 72.5 Å². The van der Waals surface area contributed by atoms with Crippen LogP contribution < -0.4 is 10.5 Å². The summed E-state index contributed by atoms with van der Waals surface area (Å²) in [4.78, 5) is 10.6. The molecule has 0 aliphatic carbocycles. The van der Waals surface area contributed by atoms with Crippen molar-refractivity contribution in [1.82, 2.24) is 0 Å². The van der Waals surface area contributed by atoms with E-state index in [1.165, 1.54) is 0 Å². The summed E-state index contributed by atoms with van der Waals surface area (Å²) >= 11 is 0. The van der Waals surface area contributed by atoms with Gasteiger partial charge < -0.3 is 15.6 Å². The minimum absolute atomic E-state index is 0.337. The van der Waals surface area contributed by atoms with Crippen molar-refractivity contribution in [3.63, 3.8) is 0 Å². The van der Waals surface area contributed by atoms with Crippen LogP contribution in [0.3, 0.4) is 0 Å². The molecule has 1 aromatic carbocycles. The largest absolute Gasteiger partial charge is 0.494 e. The number of benzene rings is 1. The van der Waals surface area contributed by atoms with Crippen LogP contribution in [0.1, 0.15) is 18.9 Å². The summed E-state index contributed by atoms with van der Waals surface area (Å²) in [6.07, 6.45) is 1.30. The average molecular weight is 223 g/mol. The van der Waals surface area contributed by atoms with Gasteiger partial charge in [0.15, 0.2) is 0 Å². The van der Waals surface area contributed by atoms with Crippen LogP contribution in [0.15, 0.2) is 24.3 Å². The van der Waals surface area contributed by atoms with Crippen molar-refractivity contribution < 1.29 is 14.6 Å². The van der Waals surface area contributed by atoms with Gasteiger partial charge in [0, 0.05) is 0 Å². The van der Waals surface area contributed by atoms with Gasteiger partial charge in [-0.1, -0.05) is 19.1 Å². The molecule has 0 saturated heterocycles. The molecule has 1 atom stereocenters. The van der Waals surface area contributed by atoms with E-state index >= 15 is 0 Å². The number of aliphatic carboxylic acids is 1. The molecule has 3 N–H and O–H groups in total. The lowest BCUT2D eigenvalue weighted by molar-refractivity contribution is -0.138. The van der Waals surface area contributed by atoms with Crippen LogP contribution in [0.5, 0.6) is 5.75 Å². The van der Waals surface area contributed by atoms with Crippen molar-refractivity contribution >= 4 is 5.97 Å². The minimum atomic E-state index is -0.980. The number of ether oxygens (including phenoxy) is 1. The van der Waals surface area contributed by atoms with Crippen LogP contribution in [0.2, 0.25) is 0 Å². The van der Waals surface area contributed by atoms with E-state index in [1.807, 2.05) is 31.2 Å². The van der Waals surface area contributed by atoms with Gasteiger partial charge in [-0.2, -0.15) is 0 Å². The molecule has 0 aromatic heterocycles. The van der Waals surface area contributed by atoms with E-state index in [-0.39, 0.29) is 0 Å². The molecule has 0 spiro atoms. The molecule has 0 bridgehead atoms. The van der Waals surface area contributed by atoms with E-state index in [2.05, 4.69) is 0 Å². The highest BCUT2D eigenvalue weighted by Crippen LogP contribution is 2.13. The van der Waals surface area contributed by atoms with E-state index in [0.29, 0.717) is 13.0 Å². The van der Waals surface area contributed by atoms with Crippen LogP contribution in [0, 0.1) is 0 Å². The average Bonchev–Trinajstić information content (AvgIpc) is 2.28. The minimum Gasteiger partial charge on any atom is -0.494 e. The third-order valence-electron chi connectivity index (χ3n) is 2.17. The molecule has 4 nitrogen and oxygen atoms in total. The maximum absolute atomic E-state index is 10.6. The molecule has 0 aliphatic rings. The Hall–Kier alpha value is -1.55. The fourth-order valence-corrected chi connectivity index (χ4v) is 1.28. The van der Waals surface area contributed by atoms with Gasteiger partial charge in [-0.15, -0.1) is 0 Å². The molecule has 1 aromatic rings. The first-order chi connectivity index (χ1) is 7.63. The smallest absolute Gasteiger partial charge is 0.320 e. The maximum atomic E-state index is 10.6. The second kappa shape index (κ2) is 6.12. The Balaban J connectivity index is 2.54. The number of carboxylic acids is 1. The number of hydrogen-bond donors (Lipinski definition) is 2. The van der Waals surface area contributed by atoms with E-state index in [0.717, 1.165) is 17.7 Å². The lowest BCUT2D eigenvalue weighted by Crippen LogP contribution is -2.32. The Morgan fingerprint density at radius 3 is 2.56 bits per heavy atom. The van der Waals surface area contributed by atoms with E-state index in [4.69, 9.17) is 15.6 Å². The first-order valence-electron chi connectivity index (χ1n) is 5.33. The highest BCUT2D eigenvalue weighted by molar-refractivity contribution is 5.73. The van der Waals surface area contributed by atoms with E-state index < -0.39 is 12.0 Å². The zero-order valence-electron chi connectivity index (χ0n) is 9.35. The lowest BCUT2D eigenvalue weighted by Gasteiger charge is -2.08. The van der Waals surface area contributed by atoms with Gasteiger partial charge in [0.25, 0.3) is 0 Å². The molecular formula is C12H17NO3. The molecule has 0 unspecified atom stereocenters. The zero-order chi connectivity index (χ0) is 12.0. The molecule has 0 amide bonds. The molecule has 0 radical (unpaired) electrons. The summed E-state index contributed by atoms with van der Waals surface area (Å²) in [6.45, 7) is 2.73. The standard InChI is InChI=1S/C12H17NO3/c1-2-7-16-10-5-3-9(4-6-10)8-11(13)12(14)15/h3-6,11H,2,7-8,13H2,1H3,(H,14,15)/t11-/m1/s1. The Bertz CT molecular complexity index is 335. The summed E-state index contributed by atoms with van der Waals surface area (Å²) in [5, 5.41) is 8.66. The highest BCUT2D eigenvalue weighted by atomic mass is 16.5. The molecule has 4 heteroatoms. The van der Waals surface area contributed by atoms with Crippen molar-refractivity contribution in [2.24, 2.45) is 5.73 Å². The highest BCUT2D eigenvalue weighted by Gasteiger charge is 2.11. The molecule has 88 valence electrons. The first-order valence-corrected chi connectivity index (χ1v) is 5.33. The van der Waals surface area contributed by atoms with Crippen LogP contribution in [0.25, 0.3) is 0 Å². The van der Waals surface area contributed by atoms with Crippen molar-refractivity contribution in [3.05, 3.63) is 29.8 Å². The third-order valence-corrected chi connectivity index (χ3v) is 2.17. The number of nitrogens with two attached hydrogens (primary N) is 1. The molecule has 16 heavy (non-hydrogen) atoms. The first kappa shape index (κ1) is 12.5. The van der Waals surface area contributed by atoms with Gasteiger partial charge in [0.2, 0.25) is 0 Å². The zero-order valence-corrected chi connectivity index (χ0v) is 9.35. The lowest BCUT2D eigenvalue weighted by atomic mass is 10.1. The van der Waals surface area contributed by atoms with Gasteiger partial charge >= 0.3 is 5.97 Å². The number of carboxylic acid groups (broad SMARTS) is 1. The summed E-state index contributed by atoms with van der Waals surface area (Å²) < 4.78 is 5.42. The van der Waals surface area contributed by atoms with Gasteiger partial charge in [-0.3, -0.25) is 4.79 Å². The molecule has 0 fully saturated rings. The quantitative estimate of drug-likeness (QED) is 0.765. The molecular weight excluding hydrogens is 206 g/mol. The van der Waals surface area contributed by atoms with Crippen molar-refractivity contribution in [2.45, 2.75) is 25.8 Å². The van der Waals surface area contributed by atoms with Crippen LogP contribution in [-0.2, 0) is 11.2 Å². The Labute approximate surface area is 95.0 Å². The fraction of sp³-hybridized carbons (Fsp3) is 0.417.